The van der Waals surface area contributed by atoms with Gasteiger partial charge >= 0.3 is 6.03 Å². The van der Waals surface area contributed by atoms with Crippen molar-refractivity contribution in [2.75, 3.05) is 18.5 Å². The number of amides is 2. The third-order valence-corrected chi connectivity index (χ3v) is 4.18. The van der Waals surface area contributed by atoms with Crippen LogP contribution in [0, 0.1) is 19.7 Å². The van der Waals surface area contributed by atoms with Crippen LogP contribution in [0.25, 0.3) is 11.3 Å². The van der Waals surface area contributed by atoms with Crippen LogP contribution in [0.15, 0.2) is 54.6 Å². The first-order valence-electron chi connectivity index (χ1n) is 8.86. The summed E-state index contributed by atoms with van der Waals surface area (Å²) >= 11 is 0. The molecule has 6 nitrogen and oxygen atoms in total. The van der Waals surface area contributed by atoms with Gasteiger partial charge in [0.1, 0.15) is 12.4 Å². The van der Waals surface area contributed by atoms with Gasteiger partial charge in [0.05, 0.1) is 12.2 Å². The van der Waals surface area contributed by atoms with Gasteiger partial charge in [0.2, 0.25) is 5.88 Å². The number of hydrogen-bond acceptors (Lipinski definition) is 4. The Hall–Kier alpha value is -3.48. The summed E-state index contributed by atoms with van der Waals surface area (Å²) in [5.41, 5.74) is 4.42. The molecule has 1 aromatic heterocycles. The smallest absolute Gasteiger partial charge is 0.319 e. The Morgan fingerprint density at radius 1 is 1.00 bits per heavy atom. The number of aromatic nitrogens is 2. The van der Waals surface area contributed by atoms with Crippen molar-refractivity contribution >= 4 is 11.7 Å². The van der Waals surface area contributed by atoms with Gasteiger partial charge < -0.3 is 15.4 Å². The minimum Gasteiger partial charge on any atom is -0.475 e. The van der Waals surface area contributed by atoms with Crippen molar-refractivity contribution in [3.05, 3.63) is 71.5 Å². The molecule has 28 heavy (non-hydrogen) atoms. The van der Waals surface area contributed by atoms with Crippen molar-refractivity contribution < 1.29 is 13.9 Å². The highest BCUT2D eigenvalue weighted by Crippen LogP contribution is 2.18. The number of halogens is 1. The van der Waals surface area contributed by atoms with E-state index in [2.05, 4.69) is 20.8 Å². The zero-order valence-corrected chi connectivity index (χ0v) is 15.7. The Morgan fingerprint density at radius 2 is 1.79 bits per heavy atom. The third-order valence-electron chi connectivity index (χ3n) is 4.18. The molecule has 3 rings (SSSR count). The summed E-state index contributed by atoms with van der Waals surface area (Å²) in [4.78, 5) is 11.9. The maximum atomic E-state index is 13.0. The van der Waals surface area contributed by atoms with Gasteiger partial charge in [-0.3, -0.25) is 0 Å². The van der Waals surface area contributed by atoms with E-state index in [0.717, 1.165) is 16.8 Å². The van der Waals surface area contributed by atoms with E-state index in [1.807, 2.05) is 32.0 Å². The topological polar surface area (TPSA) is 76.1 Å². The first-order valence-corrected chi connectivity index (χ1v) is 8.86. The molecule has 0 bridgehead atoms. The average Bonchev–Trinajstić information content (AvgIpc) is 2.69. The largest absolute Gasteiger partial charge is 0.475 e. The minimum absolute atomic E-state index is 0.255. The standard InChI is InChI=1S/C21H21FN4O2/c1-14-3-8-18(13-15(14)2)24-21(27)23-11-12-28-20-10-9-19(25-26-20)16-4-6-17(22)7-5-16/h3-10,13H,11-12H2,1-2H3,(H2,23,24,27). The number of carbonyl (C=O) groups excluding carboxylic acids is 1. The molecule has 7 heteroatoms. The van der Waals surface area contributed by atoms with Gasteiger partial charge in [0.25, 0.3) is 0 Å². The lowest BCUT2D eigenvalue weighted by Crippen LogP contribution is -2.32. The molecule has 0 radical (unpaired) electrons. The van der Waals surface area contributed by atoms with Crippen molar-refractivity contribution in [3.63, 3.8) is 0 Å². The summed E-state index contributed by atoms with van der Waals surface area (Å²) in [7, 11) is 0. The molecule has 0 aliphatic heterocycles. The Balaban J connectivity index is 1.42. The number of anilines is 1. The van der Waals surface area contributed by atoms with E-state index in [4.69, 9.17) is 4.74 Å². The maximum Gasteiger partial charge on any atom is 0.319 e. The van der Waals surface area contributed by atoms with Crippen LogP contribution in [0.2, 0.25) is 0 Å². The number of rotatable bonds is 6. The normalized spacial score (nSPS) is 10.4. The number of hydrogen-bond donors (Lipinski definition) is 2. The number of urea groups is 1. The van der Waals surface area contributed by atoms with Gasteiger partial charge in [-0.15, -0.1) is 10.2 Å². The van der Waals surface area contributed by atoms with E-state index in [1.165, 1.54) is 17.7 Å². The monoisotopic (exact) mass is 380 g/mol. The summed E-state index contributed by atoms with van der Waals surface area (Å²) in [6, 6.07) is 14.9. The zero-order chi connectivity index (χ0) is 19.9. The first kappa shape index (κ1) is 19.3. The second-order valence-electron chi connectivity index (χ2n) is 6.29. The fraction of sp³-hybridized carbons (Fsp3) is 0.190. The van der Waals surface area contributed by atoms with Gasteiger partial charge in [0.15, 0.2) is 0 Å². The maximum absolute atomic E-state index is 13.0. The molecule has 0 saturated heterocycles. The summed E-state index contributed by atoms with van der Waals surface area (Å²) in [6.07, 6.45) is 0. The van der Waals surface area contributed by atoms with Gasteiger partial charge in [-0.2, -0.15) is 0 Å². The second kappa shape index (κ2) is 8.94. The van der Waals surface area contributed by atoms with Crippen LogP contribution in [-0.4, -0.2) is 29.4 Å². The predicted octanol–water partition coefficient (Wildman–Crippen LogP) is 4.10. The molecule has 144 valence electrons. The molecule has 0 fully saturated rings. The number of carbonyl (C=O) groups is 1. The van der Waals surface area contributed by atoms with E-state index < -0.39 is 0 Å². The van der Waals surface area contributed by atoms with Crippen LogP contribution in [0.1, 0.15) is 11.1 Å². The Morgan fingerprint density at radius 3 is 2.46 bits per heavy atom. The number of aryl methyl sites for hydroxylation is 2. The van der Waals surface area contributed by atoms with Crippen LogP contribution in [0.5, 0.6) is 5.88 Å². The molecule has 1 heterocycles. The Bertz CT molecular complexity index is 944. The van der Waals surface area contributed by atoms with Crippen molar-refractivity contribution in [2.45, 2.75) is 13.8 Å². The van der Waals surface area contributed by atoms with E-state index in [1.54, 1.807) is 24.3 Å². The number of ether oxygens (including phenoxy) is 1. The molecule has 0 spiro atoms. The van der Waals surface area contributed by atoms with Crippen LogP contribution in [-0.2, 0) is 0 Å². The molecule has 2 aromatic carbocycles. The highest BCUT2D eigenvalue weighted by Gasteiger charge is 2.04. The predicted molar refractivity (Wildman–Crippen MR) is 106 cm³/mol. The van der Waals surface area contributed by atoms with E-state index in [9.17, 15) is 9.18 Å². The summed E-state index contributed by atoms with van der Waals surface area (Å²) in [5.74, 6) is 0.0490. The third kappa shape index (κ3) is 5.26. The summed E-state index contributed by atoms with van der Waals surface area (Å²) in [5, 5.41) is 13.5. The zero-order valence-electron chi connectivity index (χ0n) is 15.7. The molecule has 0 aliphatic carbocycles. The molecule has 0 saturated carbocycles. The lowest BCUT2D eigenvalue weighted by Gasteiger charge is -2.10. The van der Waals surface area contributed by atoms with Gasteiger partial charge in [-0.05, 0) is 67.4 Å². The molecular formula is C21H21FN4O2. The number of nitrogens with one attached hydrogen (secondary N) is 2. The number of benzene rings is 2. The van der Waals surface area contributed by atoms with Crippen LogP contribution in [0.3, 0.4) is 0 Å². The molecule has 0 aliphatic rings. The fourth-order valence-corrected chi connectivity index (χ4v) is 2.49. The molecule has 0 unspecified atom stereocenters. The van der Waals surface area contributed by atoms with Gasteiger partial charge in [0, 0.05) is 17.3 Å². The fourth-order valence-electron chi connectivity index (χ4n) is 2.49. The Labute approximate surface area is 162 Å². The van der Waals surface area contributed by atoms with Crippen molar-refractivity contribution in [3.8, 4) is 17.1 Å². The highest BCUT2D eigenvalue weighted by atomic mass is 19.1. The molecule has 0 atom stereocenters. The molecular weight excluding hydrogens is 359 g/mol. The van der Waals surface area contributed by atoms with E-state index in [0.29, 0.717) is 18.1 Å². The minimum atomic E-state index is -0.301. The van der Waals surface area contributed by atoms with Crippen LogP contribution >= 0.6 is 0 Å². The number of nitrogens with zero attached hydrogens (tertiary/aromatic N) is 2. The highest BCUT2D eigenvalue weighted by molar-refractivity contribution is 5.89. The van der Waals surface area contributed by atoms with Crippen molar-refractivity contribution in [2.24, 2.45) is 0 Å². The van der Waals surface area contributed by atoms with E-state index in [-0.39, 0.29) is 18.5 Å². The molecule has 3 aromatic rings. The van der Waals surface area contributed by atoms with Crippen molar-refractivity contribution in [1.29, 1.82) is 0 Å². The van der Waals surface area contributed by atoms with E-state index >= 15 is 0 Å². The second-order valence-corrected chi connectivity index (χ2v) is 6.29. The van der Waals surface area contributed by atoms with Gasteiger partial charge in [-0.1, -0.05) is 6.07 Å². The lowest BCUT2D eigenvalue weighted by molar-refractivity contribution is 0.246. The molecule has 2 amide bonds. The lowest BCUT2D eigenvalue weighted by atomic mass is 10.1. The first-order chi connectivity index (χ1) is 13.5. The van der Waals surface area contributed by atoms with Crippen LogP contribution < -0.4 is 15.4 Å². The average molecular weight is 380 g/mol. The van der Waals surface area contributed by atoms with Crippen molar-refractivity contribution in [1.82, 2.24) is 15.5 Å². The quantitative estimate of drug-likeness (QED) is 0.631. The SMILES string of the molecule is Cc1ccc(NC(=O)NCCOc2ccc(-c3ccc(F)cc3)nn2)cc1C. The summed E-state index contributed by atoms with van der Waals surface area (Å²) < 4.78 is 18.4. The summed E-state index contributed by atoms with van der Waals surface area (Å²) in [6.45, 7) is 4.59. The van der Waals surface area contributed by atoms with Gasteiger partial charge in [-0.25, -0.2) is 9.18 Å². The Kier molecular flexibility index (Phi) is 6.16. The van der Waals surface area contributed by atoms with Crippen LogP contribution in [0.4, 0.5) is 14.9 Å². The molecule has 2 N–H and O–H groups in total.